The Balaban J connectivity index is 1.21. The molecule has 0 spiro atoms. The molecule has 3 aliphatic rings. The van der Waals surface area contributed by atoms with Gasteiger partial charge in [0.25, 0.3) is 0 Å². The molecule has 6 rings (SSSR count). The SMILES string of the molecule is C[C@@H]1C[C@@H](O)c2ncnc(N3CCN(C(=O)C(c4ccc(-c5cnc(N)nc5)cc4)C4CCC(C)(C)N4)CC3)c21. The third kappa shape index (κ3) is 5.01. The summed E-state index contributed by atoms with van der Waals surface area (Å²) in [5.41, 5.74) is 10.3. The van der Waals surface area contributed by atoms with Gasteiger partial charge in [0.2, 0.25) is 11.9 Å². The average molecular weight is 543 g/mol. The van der Waals surface area contributed by atoms with E-state index in [9.17, 15) is 9.90 Å². The first kappa shape index (κ1) is 26.6. The van der Waals surface area contributed by atoms with Crippen molar-refractivity contribution in [2.45, 2.75) is 69.6 Å². The van der Waals surface area contributed by atoms with Crippen molar-refractivity contribution >= 4 is 17.7 Å². The number of nitrogens with zero attached hydrogens (tertiary/aromatic N) is 6. The summed E-state index contributed by atoms with van der Waals surface area (Å²) in [4.78, 5) is 35.6. The Morgan fingerprint density at radius 2 is 1.75 bits per heavy atom. The van der Waals surface area contributed by atoms with E-state index < -0.39 is 6.10 Å². The van der Waals surface area contributed by atoms with Crippen LogP contribution in [0.3, 0.4) is 0 Å². The van der Waals surface area contributed by atoms with Gasteiger partial charge in [-0.3, -0.25) is 4.79 Å². The van der Waals surface area contributed by atoms with E-state index >= 15 is 0 Å². The van der Waals surface area contributed by atoms with Crippen molar-refractivity contribution in [3.63, 3.8) is 0 Å². The first-order chi connectivity index (χ1) is 19.2. The monoisotopic (exact) mass is 542 g/mol. The summed E-state index contributed by atoms with van der Waals surface area (Å²) in [5, 5.41) is 14.2. The second-order valence-electron chi connectivity index (χ2n) is 12.1. The van der Waals surface area contributed by atoms with Crippen LogP contribution in [0.15, 0.2) is 43.0 Å². The van der Waals surface area contributed by atoms with Crippen LogP contribution in [0.4, 0.5) is 11.8 Å². The van der Waals surface area contributed by atoms with Gasteiger partial charge in [0, 0.05) is 61.3 Å². The minimum Gasteiger partial charge on any atom is -0.387 e. The van der Waals surface area contributed by atoms with Crippen LogP contribution in [0, 0.1) is 0 Å². The molecule has 0 radical (unpaired) electrons. The van der Waals surface area contributed by atoms with Crippen LogP contribution >= 0.6 is 0 Å². The molecule has 0 saturated carbocycles. The third-order valence-electron chi connectivity index (χ3n) is 8.77. The fourth-order valence-electron chi connectivity index (χ4n) is 6.62. The average Bonchev–Trinajstić information content (AvgIpc) is 3.46. The van der Waals surface area contributed by atoms with Crippen molar-refractivity contribution in [1.82, 2.24) is 30.2 Å². The summed E-state index contributed by atoms with van der Waals surface area (Å²) >= 11 is 0. The molecule has 1 aromatic carbocycles. The number of aromatic nitrogens is 4. The number of hydrogen-bond acceptors (Lipinski definition) is 9. The van der Waals surface area contributed by atoms with Crippen molar-refractivity contribution in [3.8, 4) is 11.1 Å². The minimum absolute atomic E-state index is 0.00219. The lowest BCUT2D eigenvalue weighted by Crippen LogP contribution is -2.53. The Labute approximate surface area is 235 Å². The number of amides is 1. The number of fused-ring (bicyclic) bond motifs is 1. The van der Waals surface area contributed by atoms with Crippen LogP contribution in [0.25, 0.3) is 11.1 Å². The fraction of sp³-hybridized carbons (Fsp3) is 0.500. The molecule has 1 amide bonds. The van der Waals surface area contributed by atoms with Crippen molar-refractivity contribution in [1.29, 1.82) is 0 Å². The molecule has 2 aliphatic heterocycles. The van der Waals surface area contributed by atoms with Crippen molar-refractivity contribution in [2.24, 2.45) is 0 Å². The molecule has 3 aromatic rings. The maximum absolute atomic E-state index is 14.2. The molecule has 4 atom stereocenters. The van der Waals surface area contributed by atoms with Gasteiger partial charge in [-0.15, -0.1) is 0 Å². The van der Waals surface area contributed by atoms with Crippen LogP contribution in [0.1, 0.15) is 74.8 Å². The van der Waals surface area contributed by atoms with E-state index in [0.717, 1.165) is 46.6 Å². The highest BCUT2D eigenvalue weighted by molar-refractivity contribution is 5.85. The molecule has 10 heteroatoms. The van der Waals surface area contributed by atoms with E-state index in [4.69, 9.17) is 5.73 Å². The molecule has 4 heterocycles. The van der Waals surface area contributed by atoms with E-state index in [1.165, 1.54) is 0 Å². The number of nitrogens with two attached hydrogens (primary N) is 1. The number of benzene rings is 1. The number of hydrogen-bond donors (Lipinski definition) is 3. The van der Waals surface area contributed by atoms with Crippen molar-refractivity contribution in [2.75, 3.05) is 36.8 Å². The van der Waals surface area contributed by atoms with Gasteiger partial charge in [0.05, 0.1) is 17.7 Å². The Kier molecular flexibility index (Phi) is 6.92. The zero-order chi connectivity index (χ0) is 28.0. The Bertz CT molecular complexity index is 1370. The highest BCUT2D eigenvalue weighted by atomic mass is 16.3. The lowest BCUT2D eigenvalue weighted by atomic mass is 9.88. The van der Waals surface area contributed by atoms with Crippen LogP contribution in [-0.4, -0.2) is 73.6 Å². The van der Waals surface area contributed by atoms with Gasteiger partial charge in [-0.2, -0.15) is 0 Å². The van der Waals surface area contributed by atoms with E-state index in [1.807, 2.05) is 17.0 Å². The number of carbonyl (C=O) groups excluding carboxylic acids is 1. The molecule has 1 aliphatic carbocycles. The van der Waals surface area contributed by atoms with Gasteiger partial charge in [-0.1, -0.05) is 31.2 Å². The lowest BCUT2D eigenvalue weighted by Gasteiger charge is -2.39. The molecule has 10 nitrogen and oxygen atoms in total. The van der Waals surface area contributed by atoms with Crippen LogP contribution in [0.5, 0.6) is 0 Å². The highest BCUT2D eigenvalue weighted by Crippen LogP contribution is 2.43. The molecule has 210 valence electrons. The molecular weight excluding hydrogens is 504 g/mol. The molecule has 4 N–H and O–H groups in total. The number of carbonyl (C=O) groups is 1. The number of aliphatic hydroxyl groups excluding tert-OH is 1. The minimum atomic E-state index is -0.530. The first-order valence-electron chi connectivity index (χ1n) is 14.2. The van der Waals surface area contributed by atoms with E-state index in [2.05, 4.69) is 63.1 Å². The predicted molar refractivity (Wildman–Crippen MR) is 154 cm³/mol. The van der Waals surface area contributed by atoms with Crippen molar-refractivity contribution < 1.29 is 9.90 Å². The van der Waals surface area contributed by atoms with E-state index in [1.54, 1.807) is 18.7 Å². The fourth-order valence-corrected chi connectivity index (χ4v) is 6.62. The zero-order valence-corrected chi connectivity index (χ0v) is 23.4. The number of nitrogens with one attached hydrogen (secondary N) is 1. The van der Waals surface area contributed by atoms with Gasteiger partial charge in [-0.05, 0) is 50.2 Å². The van der Waals surface area contributed by atoms with E-state index in [0.29, 0.717) is 32.6 Å². The lowest BCUT2D eigenvalue weighted by molar-refractivity contribution is -0.133. The highest BCUT2D eigenvalue weighted by Gasteiger charge is 2.41. The summed E-state index contributed by atoms with van der Waals surface area (Å²) in [6, 6.07) is 8.27. The molecule has 2 saturated heterocycles. The number of piperazine rings is 1. The summed E-state index contributed by atoms with van der Waals surface area (Å²) in [7, 11) is 0. The normalized spacial score (nSPS) is 24.6. The summed E-state index contributed by atoms with van der Waals surface area (Å²) in [5.74, 6) is 1.25. The van der Waals surface area contributed by atoms with Gasteiger partial charge in [0.1, 0.15) is 12.1 Å². The third-order valence-corrected chi connectivity index (χ3v) is 8.77. The van der Waals surface area contributed by atoms with Crippen molar-refractivity contribution in [3.05, 3.63) is 59.8 Å². The zero-order valence-electron chi connectivity index (χ0n) is 23.4. The number of anilines is 2. The standard InChI is InChI=1S/C30H38N8O2/c1-18-14-23(39)26-24(18)27(35-17-34-26)37-10-12-38(13-11-37)28(40)25(22-8-9-30(2,3)36-22)20-6-4-19(5-7-20)21-15-32-29(31)33-16-21/h4-7,15-18,22-23,25,36,39H,8-14H2,1-3H3,(H2,31,32,33)/t18-,22?,23-,25?/m1/s1. The Hall–Kier alpha value is -3.63. The topological polar surface area (TPSA) is 133 Å². The smallest absolute Gasteiger partial charge is 0.231 e. The molecule has 2 unspecified atom stereocenters. The molecular formula is C30H38N8O2. The summed E-state index contributed by atoms with van der Waals surface area (Å²) in [6.45, 7) is 9.18. The van der Waals surface area contributed by atoms with Gasteiger partial charge in [-0.25, -0.2) is 19.9 Å². The molecule has 2 fully saturated rings. The molecule has 2 aromatic heterocycles. The van der Waals surface area contributed by atoms with E-state index in [-0.39, 0.29) is 35.3 Å². The number of aliphatic hydroxyl groups is 1. The maximum atomic E-state index is 14.2. The van der Waals surface area contributed by atoms with Gasteiger partial charge in [0.15, 0.2) is 0 Å². The number of nitrogen functional groups attached to an aromatic ring is 1. The quantitative estimate of drug-likeness (QED) is 0.445. The van der Waals surface area contributed by atoms with Crippen LogP contribution in [0.2, 0.25) is 0 Å². The van der Waals surface area contributed by atoms with Crippen LogP contribution in [-0.2, 0) is 4.79 Å². The Morgan fingerprint density at radius 3 is 2.40 bits per heavy atom. The summed E-state index contributed by atoms with van der Waals surface area (Å²) in [6.07, 6.45) is 7.11. The largest absolute Gasteiger partial charge is 0.387 e. The Morgan fingerprint density at radius 1 is 1.05 bits per heavy atom. The maximum Gasteiger partial charge on any atom is 0.231 e. The molecule has 40 heavy (non-hydrogen) atoms. The predicted octanol–water partition coefficient (Wildman–Crippen LogP) is 3.02. The number of rotatable bonds is 5. The second-order valence-corrected chi connectivity index (χ2v) is 12.1. The molecule has 0 bridgehead atoms. The van der Waals surface area contributed by atoms with Gasteiger partial charge >= 0.3 is 0 Å². The second kappa shape index (κ2) is 10.4. The summed E-state index contributed by atoms with van der Waals surface area (Å²) < 4.78 is 0. The van der Waals surface area contributed by atoms with Crippen LogP contribution < -0.4 is 16.0 Å². The first-order valence-corrected chi connectivity index (χ1v) is 14.2. The van der Waals surface area contributed by atoms with Gasteiger partial charge < -0.3 is 26.0 Å².